The molecule has 5 heteroatoms. The zero-order valence-corrected chi connectivity index (χ0v) is 16.0. The second-order valence-corrected chi connectivity index (χ2v) is 6.15. The third-order valence-corrected chi connectivity index (χ3v) is 4.24. The lowest BCUT2D eigenvalue weighted by atomic mass is 10.1. The van der Waals surface area contributed by atoms with Crippen LogP contribution in [0.2, 0.25) is 0 Å². The Kier molecular flexibility index (Phi) is 6.52. The Morgan fingerprint density at radius 2 is 1.36 bits per heavy atom. The normalized spacial score (nSPS) is 10.2. The highest BCUT2D eigenvalue weighted by atomic mass is 16.5. The Labute approximate surface area is 164 Å². The fourth-order valence-corrected chi connectivity index (χ4v) is 2.76. The summed E-state index contributed by atoms with van der Waals surface area (Å²) in [6.45, 7) is 0.809. The Morgan fingerprint density at radius 1 is 0.821 bits per heavy atom. The van der Waals surface area contributed by atoms with Crippen LogP contribution in [0.3, 0.4) is 0 Å². The molecule has 0 aliphatic carbocycles. The topological polar surface area (TPSA) is 56.8 Å². The zero-order valence-electron chi connectivity index (χ0n) is 16.0. The number of rotatable bonds is 8. The van der Waals surface area contributed by atoms with Gasteiger partial charge in [0.05, 0.1) is 14.2 Å². The van der Waals surface area contributed by atoms with Crippen LogP contribution in [0.25, 0.3) is 0 Å². The highest BCUT2D eigenvalue weighted by molar-refractivity contribution is 5.95. The van der Waals surface area contributed by atoms with Crippen molar-refractivity contribution in [2.24, 2.45) is 0 Å². The van der Waals surface area contributed by atoms with Gasteiger partial charge in [-0.25, -0.2) is 0 Å². The predicted molar refractivity (Wildman–Crippen MR) is 108 cm³/mol. The number of carbonyl (C=O) groups excluding carboxylic acids is 1. The molecular formula is C23H23NO4. The molecule has 3 aromatic rings. The molecule has 0 aliphatic rings. The molecule has 0 aromatic heterocycles. The maximum atomic E-state index is 12.6. The van der Waals surface area contributed by atoms with Crippen LogP contribution >= 0.6 is 0 Å². The molecule has 0 unspecified atom stereocenters. The molecule has 1 amide bonds. The Bertz CT molecular complexity index is 885. The van der Waals surface area contributed by atoms with Crippen molar-refractivity contribution in [1.82, 2.24) is 5.32 Å². The summed E-state index contributed by atoms with van der Waals surface area (Å²) in [6, 6.07) is 22.9. The fraction of sp³-hybridized carbons (Fsp3) is 0.174. The van der Waals surface area contributed by atoms with Gasteiger partial charge < -0.3 is 19.5 Å². The Balaban J connectivity index is 1.76. The molecule has 0 saturated heterocycles. The van der Waals surface area contributed by atoms with Crippen molar-refractivity contribution in [3.63, 3.8) is 0 Å². The van der Waals surface area contributed by atoms with E-state index in [2.05, 4.69) is 5.32 Å². The minimum Gasteiger partial charge on any atom is -0.493 e. The highest BCUT2D eigenvalue weighted by Gasteiger charge is 2.18. The molecule has 0 spiro atoms. The average Bonchev–Trinajstić information content (AvgIpc) is 2.76. The SMILES string of the molecule is COc1cc(C(=O)NCc2ccccc2)cc(OC)c1OCc1ccccc1. The minimum atomic E-state index is -0.213. The first kappa shape index (κ1) is 19.3. The summed E-state index contributed by atoms with van der Waals surface area (Å²) in [4.78, 5) is 12.6. The van der Waals surface area contributed by atoms with Gasteiger partial charge in [-0.3, -0.25) is 4.79 Å². The summed E-state index contributed by atoms with van der Waals surface area (Å²) >= 11 is 0. The fourth-order valence-electron chi connectivity index (χ4n) is 2.76. The van der Waals surface area contributed by atoms with Crippen LogP contribution in [0.5, 0.6) is 17.2 Å². The monoisotopic (exact) mass is 377 g/mol. The van der Waals surface area contributed by atoms with E-state index < -0.39 is 0 Å². The van der Waals surface area contributed by atoms with Crippen LogP contribution in [0.15, 0.2) is 72.8 Å². The first-order valence-electron chi connectivity index (χ1n) is 8.96. The van der Waals surface area contributed by atoms with Crippen LogP contribution < -0.4 is 19.5 Å². The zero-order chi connectivity index (χ0) is 19.8. The van der Waals surface area contributed by atoms with Crippen molar-refractivity contribution in [1.29, 1.82) is 0 Å². The van der Waals surface area contributed by atoms with E-state index in [-0.39, 0.29) is 5.91 Å². The van der Waals surface area contributed by atoms with Crippen molar-refractivity contribution < 1.29 is 19.0 Å². The van der Waals surface area contributed by atoms with E-state index in [0.717, 1.165) is 11.1 Å². The summed E-state index contributed by atoms with van der Waals surface area (Å²) in [5, 5.41) is 2.90. The molecule has 0 atom stereocenters. The molecule has 0 fully saturated rings. The van der Waals surface area contributed by atoms with Gasteiger partial charge >= 0.3 is 0 Å². The lowest BCUT2D eigenvalue weighted by Crippen LogP contribution is -2.22. The number of carbonyl (C=O) groups is 1. The third-order valence-electron chi connectivity index (χ3n) is 4.24. The lowest BCUT2D eigenvalue weighted by Gasteiger charge is -2.16. The molecule has 0 saturated carbocycles. The van der Waals surface area contributed by atoms with E-state index in [0.29, 0.717) is 36.0 Å². The summed E-state index contributed by atoms with van der Waals surface area (Å²) < 4.78 is 16.8. The van der Waals surface area contributed by atoms with E-state index in [1.807, 2.05) is 60.7 Å². The molecule has 0 aliphatic heterocycles. The summed E-state index contributed by atoms with van der Waals surface area (Å²) in [5.74, 6) is 1.14. The van der Waals surface area contributed by atoms with Crippen molar-refractivity contribution in [2.45, 2.75) is 13.2 Å². The molecule has 0 radical (unpaired) electrons. The van der Waals surface area contributed by atoms with Gasteiger partial charge in [0.2, 0.25) is 5.75 Å². The van der Waals surface area contributed by atoms with Gasteiger partial charge in [-0.1, -0.05) is 60.7 Å². The van der Waals surface area contributed by atoms with Gasteiger partial charge in [-0.15, -0.1) is 0 Å². The van der Waals surface area contributed by atoms with Gasteiger partial charge in [-0.05, 0) is 23.3 Å². The quantitative estimate of drug-likeness (QED) is 0.639. The highest BCUT2D eigenvalue weighted by Crippen LogP contribution is 2.39. The maximum absolute atomic E-state index is 12.6. The van der Waals surface area contributed by atoms with Crippen molar-refractivity contribution in [3.05, 3.63) is 89.5 Å². The van der Waals surface area contributed by atoms with E-state index in [4.69, 9.17) is 14.2 Å². The first-order valence-corrected chi connectivity index (χ1v) is 8.96. The maximum Gasteiger partial charge on any atom is 0.251 e. The van der Waals surface area contributed by atoms with Crippen LogP contribution in [0, 0.1) is 0 Å². The summed E-state index contributed by atoms with van der Waals surface area (Å²) in [5.41, 5.74) is 2.49. The van der Waals surface area contributed by atoms with E-state index in [9.17, 15) is 4.79 Å². The number of ether oxygens (including phenoxy) is 3. The summed E-state index contributed by atoms with van der Waals surface area (Å²) in [6.07, 6.45) is 0. The van der Waals surface area contributed by atoms with Crippen LogP contribution in [0.1, 0.15) is 21.5 Å². The largest absolute Gasteiger partial charge is 0.493 e. The molecule has 5 nitrogen and oxygen atoms in total. The molecular weight excluding hydrogens is 354 g/mol. The molecule has 0 bridgehead atoms. The van der Waals surface area contributed by atoms with Crippen molar-refractivity contribution in [2.75, 3.05) is 14.2 Å². The number of benzene rings is 3. The molecule has 0 heterocycles. The molecule has 1 N–H and O–H groups in total. The van der Waals surface area contributed by atoms with Crippen molar-refractivity contribution >= 4 is 5.91 Å². The number of hydrogen-bond donors (Lipinski definition) is 1. The second-order valence-electron chi connectivity index (χ2n) is 6.15. The van der Waals surface area contributed by atoms with Gasteiger partial charge in [0, 0.05) is 12.1 Å². The number of nitrogens with one attached hydrogen (secondary N) is 1. The number of hydrogen-bond acceptors (Lipinski definition) is 4. The van der Waals surface area contributed by atoms with Crippen LogP contribution in [-0.2, 0) is 13.2 Å². The Hall–Kier alpha value is -3.47. The number of methoxy groups -OCH3 is 2. The van der Waals surface area contributed by atoms with Crippen LogP contribution in [-0.4, -0.2) is 20.1 Å². The summed E-state index contributed by atoms with van der Waals surface area (Å²) in [7, 11) is 3.08. The lowest BCUT2D eigenvalue weighted by molar-refractivity contribution is 0.0950. The first-order chi connectivity index (χ1) is 13.7. The van der Waals surface area contributed by atoms with Gasteiger partial charge in [0.15, 0.2) is 11.5 Å². The Morgan fingerprint density at radius 3 is 1.89 bits per heavy atom. The molecule has 28 heavy (non-hydrogen) atoms. The molecule has 3 rings (SSSR count). The third kappa shape index (κ3) is 4.82. The van der Waals surface area contributed by atoms with Gasteiger partial charge in [-0.2, -0.15) is 0 Å². The standard InChI is InChI=1S/C23H23NO4/c1-26-20-13-19(23(25)24-15-17-9-5-3-6-10-17)14-21(27-2)22(20)28-16-18-11-7-4-8-12-18/h3-14H,15-16H2,1-2H3,(H,24,25). The molecule has 3 aromatic carbocycles. The van der Waals surface area contributed by atoms with E-state index >= 15 is 0 Å². The smallest absolute Gasteiger partial charge is 0.251 e. The average molecular weight is 377 g/mol. The van der Waals surface area contributed by atoms with Gasteiger partial charge in [0.1, 0.15) is 6.61 Å². The van der Waals surface area contributed by atoms with E-state index in [1.165, 1.54) is 14.2 Å². The van der Waals surface area contributed by atoms with Crippen LogP contribution in [0.4, 0.5) is 0 Å². The number of amides is 1. The molecule has 144 valence electrons. The minimum absolute atomic E-state index is 0.213. The van der Waals surface area contributed by atoms with E-state index in [1.54, 1.807) is 12.1 Å². The second kappa shape index (κ2) is 9.46. The van der Waals surface area contributed by atoms with Gasteiger partial charge in [0.25, 0.3) is 5.91 Å². The van der Waals surface area contributed by atoms with Crippen molar-refractivity contribution in [3.8, 4) is 17.2 Å². The predicted octanol–water partition coefficient (Wildman–Crippen LogP) is 4.21.